The summed E-state index contributed by atoms with van der Waals surface area (Å²) in [6.07, 6.45) is 1.73. The maximum Gasteiger partial charge on any atom is 0.333 e. The molecule has 1 aliphatic rings. The monoisotopic (exact) mass is 358 g/mol. The van der Waals surface area contributed by atoms with Crippen LogP contribution in [0.5, 0.6) is 0 Å². The molecule has 0 unspecified atom stereocenters. The Balaban J connectivity index is 2.07. The van der Waals surface area contributed by atoms with Gasteiger partial charge in [0.15, 0.2) is 0 Å². The van der Waals surface area contributed by atoms with Gasteiger partial charge >= 0.3 is 5.69 Å². The van der Waals surface area contributed by atoms with Crippen molar-refractivity contribution < 1.29 is 9.13 Å². The summed E-state index contributed by atoms with van der Waals surface area (Å²) in [5, 5.41) is 0.735. The molecule has 0 bridgehead atoms. The summed E-state index contributed by atoms with van der Waals surface area (Å²) < 4.78 is 21.3. The van der Waals surface area contributed by atoms with E-state index >= 15 is 0 Å². The van der Waals surface area contributed by atoms with Gasteiger partial charge in [-0.05, 0) is 30.5 Å². The molecule has 0 saturated carbocycles. The second-order valence-electron chi connectivity index (χ2n) is 5.26. The normalized spacial score (nSPS) is 17.6. The molecule has 0 spiro atoms. The van der Waals surface area contributed by atoms with Gasteiger partial charge in [-0.25, -0.2) is 4.79 Å². The lowest BCUT2D eigenvalue weighted by Gasteiger charge is -2.16. The zero-order valence-electron chi connectivity index (χ0n) is 12.0. The van der Waals surface area contributed by atoms with E-state index in [0.717, 1.165) is 21.8 Å². The zero-order valence-corrected chi connectivity index (χ0v) is 13.5. The Bertz CT molecular complexity index is 857. The third-order valence-corrected chi connectivity index (χ3v) is 4.30. The van der Waals surface area contributed by atoms with Gasteiger partial charge in [-0.1, -0.05) is 29.3 Å². The van der Waals surface area contributed by atoms with Gasteiger partial charge in [0.25, 0.3) is 5.56 Å². The average molecular weight is 359 g/mol. The van der Waals surface area contributed by atoms with Gasteiger partial charge in [0, 0.05) is 16.7 Å². The van der Waals surface area contributed by atoms with Gasteiger partial charge in [0.1, 0.15) is 6.23 Å². The predicted octanol–water partition coefficient (Wildman–Crippen LogP) is 2.81. The van der Waals surface area contributed by atoms with Gasteiger partial charge in [-0.15, -0.1) is 0 Å². The molecule has 8 heteroatoms. The van der Waals surface area contributed by atoms with E-state index < -0.39 is 23.3 Å². The number of aromatic nitrogens is 2. The summed E-state index contributed by atoms with van der Waals surface area (Å²) in [5.41, 5.74) is -1.12. The summed E-state index contributed by atoms with van der Waals surface area (Å²) in [7, 11) is 0. The van der Waals surface area contributed by atoms with Crippen molar-refractivity contribution in [3.8, 4) is 0 Å². The fourth-order valence-corrected chi connectivity index (χ4v) is 3.00. The van der Waals surface area contributed by atoms with E-state index in [4.69, 9.17) is 27.9 Å². The van der Waals surface area contributed by atoms with Crippen LogP contribution in [0.15, 0.2) is 34.0 Å². The van der Waals surface area contributed by atoms with E-state index in [1.807, 2.05) is 0 Å². The molecule has 0 N–H and O–H groups in total. The van der Waals surface area contributed by atoms with E-state index in [9.17, 15) is 14.0 Å². The Morgan fingerprint density at radius 1 is 1.30 bits per heavy atom. The molecule has 1 saturated heterocycles. The molecule has 23 heavy (non-hydrogen) atoms. The van der Waals surface area contributed by atoms with Gasteiger partial charge < -0.3 is 4.74 Å². The summed E-state index contributed by atoms with van der Waals surface area (Å²) >= 11 is 11.9. The number of nitrogens with zero attached hydrogens (tertiary/aromatic N) is 2. The number of rotatable bonds is 3. The molecule has 0 radical (unpaired) electrons. The second kappa shape index (κ2) is 6.47. The van der Waals surface area contributed by atoms with E-state index in [-0.39, 0.29) is 6.54 Å². The summed E-state index contributed by atoms with van der Waals surface area (Å²) in [6.45, 7) is 0.360. The van der Waals surface area contributed by atoms with Crippen molar-refractivity contribution >= 4 is 23.2 Å². The maximum atomic E-state index is 13.9. The molecule has 1 atom stereocenters. The smallest absolute Gasteiger partial charge is 0.333 e. The molecule has 2 aromatic rings. The van der Waals surface area contributed by atoms with Gasteiger partial charge in [0.2, 0.25) is 5.82 Å². The van der Waals surface area contributed by atoms with Crippen LogP contribution in [0.3, 0.4) is 0 Å². The van der Waals surface area contributed by atoms with Crippen molar-refractivity contribution in [2.24, 2.45) is 0 Å². The van der Waals surface area contributed by atoms with Crippen molar-refractivity contribution in [1.29, 1.82) is 0 Å². The van der Waals surface area contributed by atoms with Gasteiger partial charge in [-0.3, -0.25) is 13.9 Å². The summed E-state index contributed by atoms with van der Waals surface area (Å²) in [5.74, 6) is -1.01. The number of benzene rings is 1. The molecule has 0 aliphatic carbocycles. The minimum absolute atomic E-state index is 0.141. The molecule has 5 nitrogen and oxygen atoms in total. The van der Waals surface area contributed by atoms with Crippen LogP contribution in [-0.4, -0.2) is 15.7 Å². The Morgan fingerprint density at radius 3 is 2.74 bits per heavy atom. The zero-order chi connectivity index (χ0) is 16.6. The molecule has 122 valence electrons. The summed E-state index contributed by atoms with van der Waals surface area (Å²) in [6, 6.07) is 4.69. The lowest BCUT2D eigenvalue weighted by Crippen LogP contribution is -2.42. The molecule has 0 amide bonds. The topological polar surface area (TPSA) is 53.2 Å². The van der Waals surface area contributed by atoms with Crippen molar-refractivity contribution in [1.82, 2.24) is 9.13 Å². The Labute approximate surface area is 140 Å². The first-order valence-corrected chi connectivity index (χ1v) is 7.80. The number of hydrogen-bond acceptors (Lipinski definition) is 3. The highest BCUT2D eigenvalue weighted by Gasteiger charge is 2.22. The van der Waals surface area contributed by atoms with E-state index in [1.165, 1.54) is 6.07 Å². The van der Waals surface area contributed by atoms with Gasteiger partial charge in [-0.2, -0.15) is 4.39 Å². The van der Waals surface area contributed by atoms with Crippen molar-refractivity contribution in [3.05, 3.63) is 66.7 Å². The van der Waals surface area contributed by atoms with Crippen LogP contribution in [0.25, 0.3) is 0 Å². The van der Waals surface area contributed by atoms with Gasteiger partial charge in [0.05, 0.1) is 12.7 Å². The minimum Gasteiger partial charge on any atom is -0.358 e. The third kappa shape index (κ3) is 3.20. The Morgan fingerprint density at radius 2 is 2.09 bits per heavy atom. The van der Waals surface area contributed by atoms with Crippen LogP contribution in [0.1, 0.15) is 24.6 Å². The van der Waals surface area contributed by atoms with E-state index in [1.54, 1.807) is 12.1 Å². The molecule has 1 aliphatic heterocycles. The van der Waals surface area contributed by atoms with Crippen LogP contribution in [0.2, 0.25) is 10.0 Å². The molecule has 1 aromatic heterocycles. The molecule has 3 rings (SSSR count). The van der Waals surface area contributed by atoms with E-state index in [2.05, 4.69) is 0 Å². The fraction of sp³-hybridized carbons (Fsp3) is 0.333. The molecular formula is C15H13Cl2FN2O3. The fourth-order valence-electron chi connectivity index (χ4n) is 2.53. The quantitative estimate of drug-likeness (QED) is 0.847. The van der Waals surface area contributed by atoms with Crippen LogP contribution in [0.4, 0.5) is 4.39 Å². The first kappa shape index (κ1) is 16.2. The van der Waals surface area contributed by atoms with Crippen LogP contribution >= 0.6 is 23.2 Å². The van der Waals surface area contributed by atoms with Crippen molar-refractivity contribution in [3.63, 3.8) is 0 Å². The van der Waals surface area contributed by atoms with Crippen LogP contribution < -0.4 is 11.2 Å². The average Bonchev–Trinajstić information content (AvgIpc) is 3.03. The summed E-state index contributed by atoms with van der Waals surface area (Å²) in [4.78, 5) is 24.5. The lowest BCUT2D eigenvalue weighted by molar-refractivity contribution is 0.0504. The highest BCUT2D eigenvalue weighted by atomic mass is 35.5. The highest BCUT2D eigenvalue weighted by molar-refractivity contribution is 6.35. The van der Waals surface area contributed by atoms with Crippen molar-refractivity contribution in [2.75, 3.05) is 6.61 Å². The Kier molecular flexibility index (Phi) is 4.57. The van der Waals surface area contributed by atoms with E-state index in [0.29, 0.717) is 28.6 Å². The highest BCUT2D eigenvalue weighted by Crippen LogP contribution is 2.22. The number of hydrogen-bond donors (Lipinski definition) is 0. The van der Waals surface area contributed by atoms with Crippen LogP contribution in [-0.2, 0) is 11.3 Å². The lowest BCUT2D eigenvalue weighted by atomic mass is 10.2. The SMILES string of the molecule is O=c1c(F)cn([C@H]2CCCO2)c(=O)n1Cc1ccc(Cl)cc1Cl. The maximum absolute atomic E-state index is 13.9. The minimum atomic E-state index is -1.01. The molecule has 1 aromatic carbocycles. The second-order valence-corrected chi connectivity index (χ2v) is 6.11. The van der Waals surface area contributed by atoms with Crippen molar-refractivity contribution in [2.45, 2.75) is 25.6 Å². The molecule has 1 fully saturated rings. The Hall–Kier alpha value is -1.63. The standard InChI is InChI=1S/C15H13Cl2FN2O3/c16-10-4-3-9(11(17)6-10)7-20-14(21)12(18)8-19(15(20)22)13-2-1-5-23-13/h3-4,6,8,13H,1-2,5,7H2/t13-/m1/s1. The van der Waals surface area contributed by atoms with Crippen LogP contribution in [0, 0.1) is 5.82 Å². The first-order chi connectivity index (χ1) is 11.0. The largest absolute Gasteiger partial charge is 0.358 e. The molecule has 2 heterocycles. The number of ether oxygens (including phenoxy) is 1. The third-order valence-electron chi connectivity index (χ3n) is 3.71. The number of halogens is 3. The molecular weight excluding hydrogens is 346 g/mol. The predicted molar refractivity (Wildman–Crippen MR) is 84.7 cm³/mol. The first-order valence-electron chi connectivity index (χ1n) is 7.04.